The predicted molar refractivity (Wildman–Crippen MR) is 98.1 cm³/mol. The lowest BCUT2D eigenvalue weighted by Gasteiger charge is -2.15. The summed E-state index contributed by atoms with van der Waals surface area (Å²) in [4.78, 5) is 17.7. The lowest BCUT2D eigenvalue weighted by Crippen LogP contribution is -2.12. The van der Waals surface area contributed by atoms with Crippen LogP contribution in [-0.2, 0) is 6.18 Å². The zero-order chi connectivity index (χ0) is 20.3. The Morgan fingerprint density at radius 3 is 2.36 bits per heavy atom. The average Bonchev–Trinajstić information content (AvgIpc) is 2.61. The monoisotopic (exact) mass is 409 g/mol. The first kappa shape index (κ1) is 19.4. The van der Waals surface area contributed by atoms with Crippen molar-refractivity contribution < 1.29 is 18.1 Å². The molecule has 0 aliphatic rings. The van der Waals surface area contributed by atoms with Crippen LogP contribution in [0.3, 0.4) is 0 Å². The number of anilines is 4. The summed E-state index contributed by atoms with van der Waals surface area (Å²) >= 11 is 5.86. The van der Waals surface area contributed by atoms with Crippen LogP contribution in [0.1, 0.15) is 5.56 Å². The molecule has 0 saturated heterocycles. The molecule has 0 bridgehead atoms. The van der Waals surface area contributed by atoms with Crippen molar-refractivity contribution in [3.8, 4) is 0 Å². The SMILES string of the molecule is O=[N+]([O-])c1ccc(Nc2ncc(C(F)(F)F)c(Nc3cccc(Cl)c3)n2)cc1. The number of hydrogen-bond donors (Lipinski definition) is 2. The normalized spacial score (nSPS) is 11.1. The van der Waals surface area contributed by atoms with Crippen molar-refractivity contribution >= 4 is 40.4 Å². The van der Waals surface area contributed by atoms with Crippen LogP contribution in [0.5, 0.6) is 0 Å². The number of benzene rings is 2. The molecule has 3 rings (SSSR count). The average molecular weight is 410 g/mol. The standard InChI is InChI=1S/C17H11ClF3N5O2/c18-10-2-1-3-12(8-10)23-15-14(17(19,20)21)9-22-16(25-15)24-11-4-6-13(7-5-11)26(27)28/h1-9H,(H2,22,23,24,25). The molecule has 0 radical (unpaired) electrons. The molecule has 1 heterocycles. The summed E-state index contributed by atoms with van der Waals surface area (Å²) in [7, 11) is 0. The Labute approximate surface area is 161 Å². The molecule has 0 atom stereocenters. The van der Waals surface area contributed by atoms with Gasteiger partial charge in [0.2, 0.25) is 5.95 Å². The van der Waals surface area contributed by atoms with Gasteiger partial charge in [-0.1, -0.05) is 17.7 Å². The maximum absolute atomic E-state index is 13.3. The molecule has 28 heavy (non-hydrogen) atoms. The Hall–Kier alpha value is -3.40. The zero-order valence-corrected chi connectivity index (χ0v) is 14.6. The van der Waals surface area contributed by atoms with E-state index in [1.807, 2.05) is 0 Å². The summed E-state index contributed by atoms with van der Waals surface area (Å²) < 4.78 is 39.8. The number of nitrogens with zero attached hydrogens (tertiary/aromatic N) is 3. The third kappa shape index (κ3) is 4.65. The minimum Gasteiger partial charge on any atom is -0.340 e. The van der Waals surface area contributed by atoms with E-state index in [1.54, 1.807) is 12.1 Å². The van der Waals surface area contributed by atoms with Gasteiger partial charge in [-0.25, -0.2) is 4.98 Å². The lowest BCUT2D eigenvalue weighted by atomic mass is 10.2. The van der Waals surface area contributed by atoms with Crippen molar-refractivity contribution in [1.29, 1.82) is 0 Å². The number of rotatable bonds is 5. The van der Waals surface area contributed by atoms with Crippen molar-refractivity contribution in [3.63, 3.8) is 0 Å². The van der Waals surface area contributed by atoms with E-state index in [9.17, 15) is 23.3 Å². The second-order valence-corrected chi connectivity index (χ2v) is 5.95. The van der Waals surface area contributed by atoms with E-state index in [0.717, 1.165) is 0 Å². The van der Waals surface area contributed by atoms with Crippen LogP contribution in [-0.4, -0.2) is 14.9 Å². The molecule has 11 heteroatoms. The molecule has 0 fully saturated rings. The second kappa shape index (κ2) is 7.69. The number of nitrogens with one attached hydrogen (secondary N) is 2. The maximum Gasteiger partial charge on any atom is 0.421 e. The van der Waals surface area contributed by atoms with Crippen LogP contribution in [0.4, 0.5) is 42.0 Å². The number of nitro benzene ring substituents is 1. The summed E-state index contributed by atoms with van der Waals surface area (Å²) in [6.07, 6.45) is -4.03. The van der Waals surface area contributed by atoms with Crippen molar-refractivity contribution in [2.45, 2.75) is 6.18 Å². The molecular weight excluding hydrogens is 399 g/mol. The van der Waals surface area contributed by atoms with Gasteiger partial charge >= 0.3 is 6.18 Å². The first-order valence-corrected chi connectivity index (χ1v) is 8.08. The zero-order valence-electron chi connectivity index (χ0n) is 13.9. The third-order valence-corrected chi connectivity index (χ3v) is 3.75. The van der Waals surface area contributed by atoms with E-state index in [-0.39, 0.29) is 11.6 Å². The van der Waals surface area contributed by atoms with Crippen LogP contribution in [0.25, 0.3) is 0 Å². The molecule has 0 saturated carbocycles. The molecule has 0 spiro atoms. The van der Waals surface area contributed by atoms with Gasteiger partial charge in [-0.05, 0) is 30.3 Å². The summed E-state index contributed by atoms with van der Waals surface area (Å²) in [5, 5.41) is 16.3. The summed E-state index contributed by atoms with van der Waals surface area (Å²) in [6.45, 7) is 0. The largest absolute Gasteiger partial charge is 0.421 e. The Balaban J connectivity index is 1.91. The van der Waals surface area contributed by atoms with Gasteiger partial charge in [0, 0.05) is 34.7 Å². The van der Waals surface area contributed by atoms with Gasteiger partial charge in [-0.3, -0.25) is 10.1 Å². The highest BCUT2D eigenvalue weighted by molar-refractivity contribution is 6.30. The van der Waals surface area contributed by atoms with E-state index in [2.05, 4.69) is 20.6 Å². The number of nitro groups is 1. The molecule has 2 N–H and O–H groups in total. The van der Waals surface area contributed by atoms with Gasteiger partial charge in [0.25, 0.3) is 5.69 Å². The van der Waals surface area contributed by atoms with E-state index in [1.165, 1.54) is 36.4 Å². The van der Waals surface area contributed by atoms with Crippen molar-refractivity contribution in [1.82, 2.24) is 9.97 Å². The maximum atomic E-state index is 13.3. The van der Waals surface area contributed by atoms with Crippen LogP contribution >= 0.6 is 11.6 Å². The molecule has 0 amide bonds. The highest BCUT2D eigenvalue weighted by Crippen LogP contribution is 2.35. The lowest BCUT2D eigenvalue weighted by molar-refractivity contribution is -0.384. The van der Waals surface area contributed by atoms with Gasteiger partial charge in [0.05, 0.1) is 4.92 Å². The van der Waals surface area contributed by atoms with E-state index in [0.29, 0.717) is 22.6 Å². The van der Waals surface area contributed by atoms with Crippen molar-refractivity contribution in [3.05, 3.63) is 75.4 Å². The number of aromatic nitrogens is 2. The summed E-state index contributed by atoms with van der Waals surface area (Å²) in [5.74, 6) is -0.583. The Bertz CT molecular complexity index is 1010. The first-order chi connectivity index (χ1) is 13.2. The highest BCUT2D eigenvalue weighted by atomic mass is 35.5. The number of alkyl halides is 3. The Morgan fingerprint density at radius 2 is 1.75 bits per heavy atom. The third-order valence-electron chi connectivity index (χ3n) is 3.52. The van der Waals surface area contributed by atoms with Crippen LogP contribution in [0, 0.1) is 10.1 Å². The van der Waals surface area contributed by atoms with E-state index >= 15 is 0 Å². The van der Waals surface area contributed by atoms with Gasteiger partial charge in [0.1, 0.15) is 11.4 Å². The first-order valence-electron chi connectivity index (χ1n) is 7.71. The number of non-ortho nitro benzene ring substituents is 1. The second-order valence-electron chi connectivity index (χ2n) is 5.52. The molecule has 0 aliphatic heterocycles. The highest BCUT2D eigenvalue weighted by Gasteiger charge is 2.35. The Morgan fingerprint density at radius 1 is 1.04 bits per heavy atom. The fourth-order valence-corrected chi connectivity index (χ4v) is 2.43. The van der Waals surface area contributed by atoms with Crippen molar-refractivity contribution in [2.75, 3.05) is 10.6 Å². The van der Waals surface area contributed by atoms with Gasteiger partial charge in [-0.2, -0.15) is 18.2 Å². The molecule has 144 valence electrons. The van der Waals surface area contributed by atoms with E-state index in [4.69, 9.17) is 11.6 Å². The minimum atomic E-state index is -4.67. The quantitative estimate of drug-likeness (QED) is 0.424. The van der Waals surface area contributed by atoms with Crippen LogP contribution in [0.15, 0.2) is 54.7 Å². The molecule has 2 aromatic carbocycles. The fourth-order valence-electron chi connectivity index (χ4n) is 2.24. The minimum absolute atomic E-state index is 0.119. The summed E-state index contributed by atoms with van der Waals surface area (Å²) in [6, 6.07) is 11.4. The number of halogens is 4. The number of hydrogen-bond acceptors (Lipinski definition) is 6. The van der Waals surface area contributed by atoms with Gasteiger partial charge < -0.3 is 10.6 Å². The van der Waals surface area contributed by atoms with Crippen molar-refractivity contribution in [2.24, 2.45) is 0 Å². The molecular formula is C17H11ClF3N5O2. The van der Waals surface area contributed by atoms with E-state index < -0.39 is 22.5 Å². The molecule has 0 aliphatic carbocycles. The Kier molecular flexibility index (Phi) is 5.32. The molecule has 0 unspecified atom stereocenters. The molecule has 7 nitrogen and oxygen atoms in total. The molecule has 1 aromatic heterocycles. The topological polar surface area (TPSA) is 93.0 Å². The summed E-state index contributed by atoms with van der Waals surface area (Å²) in [5.41, 5.74) is -0.485. The molecule has 3 aromatic rings. The fraction of sp³-hybridized carbons (Fsp3) is 0.0588. The smallest absolute Gasteiger partial charge is 0.340 e. The van der Waals surface area contributed by atoms with Gasteiger partial charge in [0.15, 0.2) is 0 Å². The van der Waals surface area contributed by atoms with Gasteiger partial charge in [-0.15, -0.1) is 0 Å². The van der Waals surface area contributed by atoms with Crippen LogP contribution in [0.2, 0.25) is 5.02 Å². The van der Waals surface area contributed by atoms with Crippen LogP contribution < -0.4 is 10.6 Å². The predicted octanol–water partition coefficient (Wildman–Crippen LogP) is 5.54.